The van der Waals surface area contributed by atoms with Crippen molar-refractivity contribution in [1.82, 2.24) is 20.1 Å². The Kier molecular flexibility index (Phi) is 4.06. The summed E-state index contributed by atoms with van der Waals surface area (Å²) in [4.78, 5) is 17.1. The molecule has 0 saturated carbocycles. The molecule has 0 aliphatic heterocycles. The Bertz CT molecular complexity index is 288. The molecule has 5 nitrogen and oxygen atoms in total. The molecule has 0 aliphatic carbocycles. The van der Waals surface area contributed by atoms with Crippen LogP contribution in [0.25, 0.3) is 0 Å². The van der Waals surface area contributed by atoms with Crippen molar-refractivity contribution in [2.24, 2.45) is 0 Å². The summed E-state index contributed by atoms with van der Waals surface area (Å²) in [6.07, 6.45) is 2.21. The molecular formula is C8H13BrN4O. The van der Waals surface area contributed by atoms with Crippen LogP contribution in [0.1, 0.15) is 19.2 Å². The Morgan fingerprint density at radius 1 is 1.79 bits per heavy atom. The highest BCUT2D eigenvalue weighted by Gasteiger charge is 2.17. The Morgan fingerprint density at radius 3 is 3.00 bits per heavy atom. The van der Waals surface area contributed by atoms with E-state index in [-0.39, 0.29) is 10.7 Å². The number of alkyl halides is 1. The quantitative estimate of drug-likeness (QED) is 0.820. The Balaban J connectivity index is 2.50. The van der Waals surface area contributed by atoms with Gasteiger partial charge in [0.15, 0.2) is 0 Å². The highest BCUT2D eigenvalue weighted by Crippen LogP contribution is 2.09. The molecule has 0 fully saturated rings. The van der Waals surface area contributed by atoms with Crippen LogP contribution in [0.2, 0.25) is 0 Å². The third kappa shape index (κ3) is 2.80. The van der Waals surface area contributed by atoms with Crippen LogP contribution in [0.3, 0.4) is 0 Å². The molecule has 1 aromatic heterocycles. The summed E-state index contributed by atoms with van der Waals surface area (Å²) in [6.45, 7) is 2.42. The number of H-pyrrole nitrogens is 1. The molecule has 0 radical (unpaired) electrons. The van der Waals surface area contributed by atoms with Crippen LogP contribution < -0.4 is 0 Å². The number of hydrogen-bond acceptors (Lipinski definition) is 3. The number of hydrogen-bond donors (Lipinski definition) is 1. The van der Waals surface area contributed by atoms with Crippen LogP contribution in [-0.4, -0.2) is 37.9 Å². The van der Waals surface area contributed by atoms with Gasteiger partial charge in [-0.15, -0.1) is 0 Å². The van der Waals surface area contributed by atoms with Gasteiger partial charge in [-0.3, -0.25) is 9.89 Å². The van der Waals surface area contributed by atoms with Gasteiger partial charge in [0.05, 0.1) is 11.4 Å². The summed E-state index contributed by atoms with van der Waals surface area (Å²) in [7, 11) is 1.74. The first-order valence-corrected chi connectivity index (χ1v) is 5.30. The van der Waals surface area contributed by atoms with Crippen molar-refractivity contribution >= 4 is 21.8 Å². The van der Waals surface area contributed by atoms with Gasteiger partial charge in [0.2, 0.25) is 5.91 Å². The molecule has 1 amide bonds. The van der Waals surface area contributed by atoms with Gasteiger partial charge in [-0.25, -0.2) is 4.98 Å². The van der Waals surface area contributed by atoms with E-state index in [1.807, 2.05) is 6.92 Å². The zero-order chi connectivity index (χ0) is 10.6. The minimum Gasteiger partial charge on any atom is -0.337 e. The van der Waals surface area contributed by atoms with Crippen LogP contribution in [0.5, 0.6) is 0 Å². The second kappa shape index (κ2) is 5.09. The van der Waals surface area contributed by atoms with E-state index in [1.54, 1.807) is 11.9 Å². The van der Waals surface area contributed by atoms with Crippen LogP contribution in [0.4, 0.5) is 0 Å². The second-order valence-corrected chi connectivity index (χ2v) is 4.11. The summed E-state index contributed by atoms with van der Waals surface area (Å²) in [5.41, 5.74) is 0. The Morgan fingerprint density at radius 2 is 2.50 bits per heavy atom. The molecule has 1 rings (SSSR count). The summed E-state index contributed by atoms with van der Waals surface area (Å²) in [5.74, 6) is 0.751. The van der Waals surface area contributed by atoms with E-state index in [0.717, 1.165) is 6.42 Å². The van der Waals surface area contributed by atoms with E-state index in [0.29, 0.717) is 12.4 Å². The van der Waals surface area contributed by atoms with Gasteiger partial charge < -0.3 is 4.90 Å². The fourth-order valence-electron chi connectivity index (χ4n) is 1.02. The van der Waals surface area contributed by atoms with Crippen molar-refractivity contribution in [3.63, 3.8) is 0 Å². The lowest BCUT2D eigenvalue weighted by molar-refractivity contribution is -0.129. The highest BCUT2D eigenvalue weighted by molar-refractivity contribution is 9.10. The first-order valence-electron chi connectivity index (χ1n) is 4.38. The molecule has 0 aliphatic rings. The van der Waals surface area contributed by atoms with Crippen LogP contribution in [0.15, 0.2) is 6.33 Å². The zero-order valence-corrected chi connectivity index (χ0v) is 9.78. The predicted octanol–water partition coefficient (Wildman–Crippen LogP) is 0.937. The molecule has 78 valence electrons. The topological polar surface area (TPSA) is 61.9 Å². The first kappa shape index (κ1) is 11.2. The fourth-order valence-corrected chi connectivity index (χ4v) is 1.37. The zero-order valence-electron chi connectivity index (χ0n) is 8.20. The number of amides is 1. The molecule has 1 aromatic rings. The number of carbonyl (C=O) groups is 1. The number of rotatable bonds is 4. The largest absolute Gasteiger partial charge is 0.337 e. The van der Waals surface area contributed by atoms with Crippen LogP contribution >= 0.6 is 15.9 Å². The van der Waals surface area contributed by atoms with Crippen molar-refractivity contribution < 1.29 is 4.79 Å². The van der Waals surface area contributed by atoms with Crippen molar-refractivity contribution in [2.45, 2.75) is 24.7 Å². The summed E-state index contributed by atoms with van der Waals surface area (Å²) < 4.78 is 0. The lowest BCUT2D eigenvalue weighted by Crippen LogP contribution is -2.32. The maximum Gasteiger partial charge on any atom is 0.236 e. The summed E-state index contributed by atoms with van der Waals surface area (Å²) in [6, 6.07) is 0. The van der Waals surface area contributed by atoms with Gasteiger partial charge in [0, 0.05) is 7.05 Å². The van der Waals surface area contributed by atoms with Crippen molar-refractivity contribution in [2.75, 3.05) is 7.05 Å². The molecule has 14 heavy (non-hydrogen) atoms. The van der Waals surface area contributed by atoms with Gasteiger partial charge in [-0.05, 0) is 6.42 Å². The number of aromatic amines is 1. The minimum absolute atomic E-state index is 0.0592. The molecule has 1 N–H and O–H groups in total. The molecule has 1 heterocycles. The van der Waals surface area contributed by atoms with Crippen molar-refractivity contribution in [3.05, 3.63) is 12.2 Å². The number of nitrogens with zero attached hydrogens (tertiary/aromatic N) is 3. The summed E-state index contributed by atoms with van der Waals surface area (Å²) in [5, 5.41) is 6.42. The van der Waals surface area contributed by atoms with E-state index in [9.17, 15) is 4.79 Å². The first-order chi connectivity index (χ1) is 6.65. The molecule has 0 aromatic carbocycles. The van der Waals surface area contributed by atoms with E-state index < -0.39 is 0 Å². The molecular weight excluding hydrogens is 248 g/mol. The van der Waals surface area contributed by atoms with E-state index in [4.69, 9.17) is 0 Å². The normalized spacial score (nSPS) is 12.5. The lowest BCUT2D eigenvalue weighted by atomic mass is 10.3. The van der Waals surface area contributed by atoms with Crippen molar-refractivity contribution in [3.8, 4) is 0 Å². The molecule has 1 unspecified atom stereocenters. The Hall–Kier alpha value is -0.910. The van der Waals surface area contributed by atoms with E-state index >= 15 is 0 Å². The van der Waals surface area contributed by atoms with Gasteiger partial charge in [-0.2, -0.15) is 5.10 Å². The minimum atomic E-state index is -0.115. The van der Waals surface area contributed by atoms with Crippen LogP contribution in [-0.2, 0) is 11.3 Å². The molecule has 6 heteroatoms. The van der Waals surface area contributed by atoms with Crippen molar-refractivity contribution in [1.29, 1.82) is 0 Å². The maximum absolute atomic E-state index is 11.6. The maximum atomic E-state index is 11.6. The highest BCUT2D eigenvalue weighted by atomic mass is 79.9. The smallest absolute Gasteiger partial charge is 0.236 e. The standard InChI is InChI=1S/C8H13BrN4O/c1-3-6(9)8(14)13(2)4-7-10-5-11-12-7/h5-6H,3-4H2,1-2H3,(H,10,11,12). The average Bonchev–Trinajstić information content (AvgIpc) is 2.68. The Labute approximate surface area is 91.0 Å². The van der Waals surface area contributed by atoms with Gasteiger partial charge in [0.1, 0.15) is 12.2 Å². The average molecular weight is 261 g/mol. The molecule has 0 bridgehead atoms. The summed E-state index contributed by atoms with van der Waals surface area (Å²) >= 11 is 3.31. The third-order valence-electron chi connectivity index (χ3n) is 1.85. The number of nitrogens with one attached hydrogen (secondary N) is 1. The van der Waals surface area contributed by atoms with Gasteiger partial charge in [0.25, 0.3) is 0 Å². The SMILES string of the molecule is CCC(Br)C(=O)N(C)Cc1ncn[nH]1. The van der Waals surface area contributed by atoms with E-state index in [2.05, 4.69) is 31.1 Å². The fraction of sp³-hybridized carbons (Fsp3) is 0.625. The molecule has 1 atom stereocenters. The number of halogens is 1. The second-order valence-electron chi connectivity index (χ2n) is 3.00. The van der Waals surface area contributed by atoms with Crippen LogP contribution in [0, 0.1) is 0 Å². The lowest BCUT2D eigenvalue weighted by Gasteiger charge is -2.18. The van der Waals surface area contributed by atoms with E-state index in [1.165, 1.54) is 6.33 Å². The monoisotopic (exact) mass is 260 g/mol. The number of carbonyl (C=O) groups excluding carboxylic acids is 1. The van der Waals surface area contributed by atoms with Gasteiger partial charge >= 0.3 is 0 Å². The molecule has 0 spiro atoms. The molecule has 0 saturated heterocycles. The predicted molar refractivity (Wildman–Crippen MR) is 55.9 cm³/mol. The number of aromatic nitrogens is 3. The third-order valence-corrected chi connectivity index (χ3v) is 2.89. The van der Waals surface area contributed by atoms with Gasteiger partial charge in [-0.1, -0.05) is 22.9 Å².